The van der Waals surface area contributed by atoms with Gasteiger partial charge < -0.3 is 5.11 Å². The van der Waals surface area contributed by atoms with Gasteiger partial charge in [-0.3, -0.25) is 4.98 Å². The molecule has 1 aromatic rings. The van der Waals surface area contributed by atoms with E-state index in [-0.39, 0.29) is 17.2 Å². The Morgan fingerprint density at radius 3 is 2.57 bits per heavy atom. The maximum Gasteiger partial charge on any atom is 0.328 e. The van der Waals surface area contributed by atoms with Gasteiger partial charge in [-0.25, -0.2) is 26.4 Å². The topological polar surface area (TPSA) is 130 Å². The van der Waals surface area contributed by atoms with Gasteiger partial charge in [-0.1, -0.05) is 0 Å². The summed E-state index contributed by atoms with van der Waals surface area (Å²) in [6, 6.07) is 1.23. The third-order valence-corrected chi connectivity index (χ3v) is 4.60. The molecule has 0 fully saturated rings. The lowest BCUT2D eigenvalue weighted by Gasteiger charge is -2.06. The smallest absolute Gasteiger partial charge is 0.328 e. The minimum Gasteiger partial charge on any atom is -0.478 e. The number of sulfonamides is 1. The van der Waals surface area contributed by atoms with E-state index in [0.29, 0.717) is 5.56 Å². The Kier molecular flexibility index (Phi) is 5.58. The molecule has 1 aromatic heterocycles. The van der Waals surface area contributed by atoms with Crippen LogP contribution in [0.4, 0.5) is 0 Å². The van der Waals surface area contributed by atoms with Gasteiger partial charge in [-0.15, -0.1) is 0 Å². The summed E-state index contributed by atoms with van der Waals surface area (Å²) in [6.07, 6.45) is 5.44. The normalized spacial score (nSPS) is 12.6. The molecule has 0 saturated carbocycles. The molecule has 0 aliphatic carbocycles. The first-order chi connectivity index (χ1) is 9.60. The Hall–Kier alpha value is -1.78. The van der Waals surface area contributed by atoms with E-state index < -0.39 is 25.8 Å². The molecule has 116 valence electrons. The van der Waals surface area contributed by atoms with Crippen molar-refractivity contribution in [2.45, 2.75) is 4.90 Å². The van der Waals surface area contributed by atoms with Crippen LogP contribution in [0.3, 0.4) is 0 Å². The van der Waals surface area contributed by atoms with E-state index in [1.54, 1.807) is 0 Å². The highest BCUT2D eigenvalue weighted by atomic mass is 32.2. The predicted octanol–water partition coefficient (Wildman–Crippen LogP) is -0.498. The van der Waals surface area contributed by atoms with Gasteiger partial charge >= 0.3 is 5.97 Å². The number of carboxylic acids is 1. The molecule has 1 rings (SSSR count). The van der Waals surface area contributed by atoms with Crippen LogP contribution in [0.15, 0.2) is 29.4 Å². The number of carbonyl (C=O) groups is 1. The Morgan fingerprint density at radius 2 is 2.00 bits per heavy atom. The molecule has 0 spiro atoms. The maximum atomic E-state index is 11.9. The molecule has 21 heavy (non-hydrogen) atoms. The van der Waals surface area contributed by atoms with Gasteiger partial charge in [0.05, 0.1) is 5.75 Å². The number of carboxylic acid groups (broad SMARTS) is 1. The first-order valence-electron chi connectivity index (χ1n) is 5.63. The molecule has 0 saturated heterocycles. The van der Waals surface area contributed by atoms with Crippen molar-refractivity contribution in [2.75, 3.05) is 18.6 Å². The zero-order valence-electron chi connectivity index (χ0n) is 11.1. The second-order valence-electron chi connectivity index (χ2n) is 4.15. The highest BCUT2D eigenvalue weighted by Gasteiger charge is 2.15. The van der Waals surface area contributed by atoms with Gasteiger partial charge in [0.15, 0.2) is 0 Å². The van der Waals surface area contributed by atoms with Gasteiger partial charge in [0, 0.05) is 31.3 Å². The Bertz CT molecular complexity index is 753. The lowest BCUT2D eigenvalue weighted by Crippen LogP contribution is -2.29. The summed E-state index contributed by atoms with van der Waals surface area (Å²) in [5, 5.41) is 8.50. The van der Waals surface area contributed by atoms with Crippen molar-refractivity contribution in [3.05, 3.63) is 30.1 Å². The summed E-state index contributed by atoms with van der Waals surface area (Å²) in [4.78, 5) is 13.9. The van der Waals surface area contributed by atoms with Gasteiger partial charge in [0.25, 0.3) is 0 Å². The minimum atomic E-state index is -3.90. The molecule has 0 aliphatic heterocycles. The van der Waals surface area contributed by atoms with E-state index >= 15 is 0 Å². The average molecular weight is 334 g/mol. The lowest BCUT2D eigenvalue weighted by atomic mass is 10.2. The molecule has 0 unspecified atom stereocenters. The Balaban J connectivity index is 2.88. The van der Waals surface area contributed by atoms with Crippen molar-refractivity contribution < 1.29 is 26.7 Å². The van der Waals surface area contributed by atoms with Crippen LogP contribution in [-0.2, 0) is 24.7 Å². The molecule has 0 atom stereocenters. The highest BCUT2D eigenvalue weighted by Crippen LogP contribution is 2.10. The van der Waals surface area contributed by atoms with Crippen molar-refractivity contribution in [1.82, 2.24) is 9.71 Å². The SMILES string of the molecule is CS(=O)(=O)CCNS(=O)(=O)c1cncc(C=CC(=O)O)c1. The van der Waals surface area contributed by atoms with Gasteiger partial charge in [0.1, 0.15) is 14.7 Å². The third kappa shape index (κ3) is 6.47. The predicted molar refractivity (Wildman–Crippen MR) is 75.8 cm³/mol. The monoisotopic (exact) mass is 334 g/mol. The largest absolute Gasteiger partial charge is 0.478 e. The van der Waals surface area contributed by atoms with E-state index in [0.717, 1.165) is 18.5 Å². The number of nitrogens with zero attached hydrogens (tertiary/aromatic N) is 1. The number of aliphatic carboxylic acids is 1. The zero-order chi connectivity index (χ0) is 16.1. The molecule has 0 radical (unpaired) electrons. The van der Waals surface area contributed by atoms with E-state index in [4.69, 9.17) is 5.11 Å². The zero-order valence-corrected chi connectivity index (χ0v) is 12.7. The second-order valence-corrected chi connectivity index (χ2v) is 8.18. The van der Waals surface area contributed by atoms with Crippen LogP contribution < -0.4 is 4.72 Å². The number of rotatable bonds is 7. The summed E-state index contributed by atoms with van der Waals surface area (Å²) >= 11 is 0. The van der Waals surface area contributed by atoms with Crippen molar-refractivity contribution in [2.24, 2.45) is 0 Å². The highest BCUT2D eigenvalue weighted by molar-refractivity contribution is 7.91. The third-order valence-electron chi connectivity index (χ3n) is 2.23. The number of hydrogen-bond acceptors (Lipinski definition) is 6. The molecule has 2 N–H and O–H groups in total. The van der Waals surface area contributed by atoms with Crippen LogP contribution in [0, 0.1) is 0 Å². The molecule has 0 amide bonds. The first kappa shape index (κ1) is 17.3. The van der Waals surface area contributed by atoms with Gasteiger partial charge in [-0.2, -0.15) is 0 Å². The number of sulfone groups is 1. The van der Waals surface area contributed by atoms with Crippen LogP contribution in [0.5, 0.6) is 0 Å². The maximum absolute atomic E-state index is 11.9. The fourth-order valence-electron chi connectivity index (χ4n) is 1.29. The summed E-state index contributed by atoms with van der Waals surface area (Å²) in [6.45, 7) is -0.254. The molecule has 0 aromatic carbocycles. The lowest BCUT2D eigenvalue weighted by molar-refractivity contribution is -0.131. The number of aromatic nitrogens is 1. The molecule has 8 nitrogen and oxygen atoms in total. The number of nitrogens with one attached hydrogen (secondary N) is 1. The molecule has 10 heteroatoms. The first-order valence-corrected chi connectivity index (χ1v) is 9.18. The minimum absolute atomic E-state index is 0.177. The molecule has 1 heterocycles. The molecule has 0 bridgehead atoms. The number of hydrogen-bond donors (Lipinski definition) is 2. The van der Waals surface area contributed by atoms with E-state index in [1.807, 2.05) is 0 Å². The van der Waals surface area contributed by atoms with E-state index in [1.165, 1.54) is 18.3 Å². The van der Waals surface area contributed by atoms with Crippen LogP contribution >= 0.6 is 0 Å². The Labute approximate surface area is 122 Å². The van der Waals surface area contributed by atoms with Crippen molar-refractivity contribution in [1.29, 1.82) is 0 Å². The number of pyridine rings is 1. The summed E-state index contributed by atoms with van der Waals surface area (Å²) in [5.41, 5.74) is 0.295. The summed E-state index contributed by atoms with van der Waals surface area (Å²) in [7, 11) is -7.18. The van der Waals surface area contributed by atoms with E-state index in [2.05, 4.69) is 9.71 Å². The molecular weight excluding hydrogens is 320 g/mol. The molecule has 0 aliphatic rings. The van der Waals surface area contributed by atoms with Crippen molar-refractivity contribution in [3.63, 3.8) is 0 Å². The quantitative estimate of drug-likeness (QED) is 0.643. The van der Waals surface area contributed by atoms with Crippen molar-refractivity contribution >= 4 is 31.9 Å². The fraction of sp³-hybridized carbons (Fsp3) is 0.273. The standard InChI is InChI=1S/C11H14N2O6S2/c1-20(16,17)5-4-13-21(18,19)10-6-9(7-12-8-10)2-3-11(14)15/h2-3,6-8,13H,4-5H2,1H3,(H,14,15). The summed E-state index contributed by atoms with van der Waals surface area (Å²) in [5.74, 6) is -1.49. The van der Waals surface area contributed by atoms with Crippen LogP contribution in [0.25, 0.3) is 6.08 Å². The second kappa shape index (κ2) is 6.78. The summed E-state index contributed by atoms with van der Waals surface area (Å²) < 4.78 is 47.9. The van der Waals surface area contributed by atoms with Crippen LogP contribution in [0.2, 0.25) is 0 Å². The van der Waals surface area contributed by atoms with Crippen molar-refractivity contribution in [3.8, 4) is 0 Å². The van der Waals surface area contributed by atoms with E-state index in [9.17, 15) is 21.6 Å². The fourth-order valence-corrected chi connectivity index (χ4v) is 2.92. The molecular formula is C11H14N2O6S2. The Morgan fingerprint density at radius 1 is 1.33 bits per heavy atom. The van der Waals surface area contributed by atoms with Crippen LogP contribution in [-0.4, -0.2) is 51.4 Å². The van der Waals surface area contributed by atoms with Crippen LogP contribution in [0.1, 0.15) is 5.56 Å². The average Bonchev–Trinajstić information content (AvgIpc) is 2.35. The van der Waals surface area contributed by atoms with Gasteiger partial charge in [0.2, 0.25) is 10.0 Å². The van der Waals surface area contributed by atoms with Gasteiger partial charge in [-0.05, 0) is 17.7 Å².